The van der Waals surface area contributed by atoms with Crippen LogP contribution in [0.3, 0.4) is 0 Å². The van der Waals surface area contributed by atoms with E-state index >= 15 is 0 Å². The molecule has 0 heterocycles. The first-order valence-electron chi connectivity index (χ1n) is 3.78. The Morgan fingerprint density at radius 2 is 2.29 bits per heavy atom. The third kappa shape index (κ3) is 2.59. The summed E-state index contributed by atoms with van der Waals surface area (Å²) in [5.74, 6) is 0.511. The molecule has 4 nitrogen and oxygen atoms in total. The Kier molecular flexibility index (Phi) is 4.16. The number of halogens is 2. The zero-order valence-electron chi connectivity index (χ0n) is 7.07. The van der Waals surface area contributed by atoms with Gasteiger partial charge in [-0.25, -0.2) is 0 Å². The van der Waals surface area contributed by atoms with Gasteiger partial charge in [-0.2, -0.15) is 0 Å². The van der Waals surface area contributed by atoms with E-state index in [0.29, 0.717) is 10.4 Å². The largest absolute Gasteiger partial charge is 0.485 e. The highest BCUT2D eigenvalue weighted by Gasteiger charge is 2.17. The van der Waals surface area contributed by atoms with Crippen LogP contribution in [-0.2, 0) is 0 Å². The molecule has 0 saturated heterocycles. The summed E-state index contributed by atoms with van der Waals surface area (Å²) in [6.45, 7) is 0.241. The Morgan fingerprint density at radius 1 is 1.57 bits per heavy atom. The fourth-order valence-electron chi connectivity index (χ4n) is 0.925. The first-order chi connectivity index (χ1) is 6.66. The Morgan fingerprint density at radius 3 is 2.86 bits per heavy atom. The standard InChI is InChI=1S/C8H7BrClNO3/c9-6-2-1-3-7(11(12)13)8(6)14-5-4-10/h1-3H,4-5H2. The molecule has 0 atom stereocenters. The van der Waals surface area contributed by atoms with E-state index < -0.39 is 4.92 Å². The van der Waals surface area contributed by atoms with Crippen LogP contribution in [0.1, 0.15) is 0 Å². The quantitative estimate of drug-likeness (QED) is 0.484. The molecule has 1 rings (SSSR count). The minimum atomic E-state index is -0.492. The molecule has 0 aliphatic carbocycles. The summed E-state index contributed by atoms with van der Waals surface area (Å²) in [5, 5.41) is 10.6. The summed E-state index contributed by atoms with van der Waals surface area (Å²) in [6.07, 6.45) is 0. The Labute approximate surface area is 94.1 Å². The maximum absolute atomic E-state index is 10.6. The lowest BCUT2D eigenvalue weighted by Gasteiger charge is -2.06. The van der Waals surface area contributed by atoms with Crippen LogP contribution in [0.2, 0.25) is 0 Å². The highest BCUT2D eigenvalue weighted by atomic mass is 79.9. The molecule has 0 aliphatic rings. The van der Waals surface area contributed by atoms with E-state index in [9.17, 15) is 10.1 Å². The van der Waals surface area contributed by atoms with Crippen LogP contribution in [0.15, 0.2) is 22.7 Å². The van der Waals surface area contributed by atoms with Crippen molar-refractivity contribution in [2.75, 3.05) is 12.5 Å². The second kappa shape index (κ2) is 5.17. The first-order valence-corrected chi connectivity index (χ1v) is 5.11. The summed E-state index contributed by atoms with van der Waals surface area (Å²) in [4.78, 5) is 10.1. The predicted molar refractivity (Wildman–Crippen MR) is 57.0 cm³/mol. The Bertz CT molecular complexity index is 345. The molecule has 0 saturated carbocycles. The SMILES string of the molecule is O=[N+]([O-])c1cccc(Br)c1OCCCl. The zero-order chi connectivity index (χ0) is 10.6. The molecule has 0 amide bonds. The third-order valence-corrected chi connectivity index (χ3v) is 2.25. The summed E-state index contributed by atoms with van der Waals surface area (Å²) >= 11 is 8.60. The highest BCUT2D eigenvalue weighted by Crippen LogP contribution is 2.34. The van der Waals surface area contributed by atoms with Gasteiger partial charge in [0.15, 0.2) is 0 Å². The number of benzene rings is 1. The average Bonchev–Trinajstić information content (AvgIpc) is 2.15. The van der Waals surface area contributed by atoms with E-state index in [1.807, 2.05) is 0 Å². The zero-order valence-corrected chi connectivity index (χ0v) is 9.42. The van der Waals surface area contributed by atoms with E-state index in [1.54, 1.807) is 12.1 Å². The lowest BCUT2D eigenvalue weighted by Crippen LogP contribution is -2.01. The van der Waals surface area contributed by atoms with Crippen molar-refractivity contribution in [3.8, 4) is 5.75 Å². The number of hydrogen-bond acceptors (Lipinski definition) is 3. The van der Waals surface area contributed by atoms with Crippen LogP contribution in [0.25, 0.3) is 0 Å². The van der Waals surface area contributed by atoms with Crippen LogP contribution in [0.5, 0.6) is 5.75 Å². The lowest BCUT2D eigenvalue weighted by atomic mass is 10.3. The van der Waals surface area contributed by atoms with Crippen molar-refractivity contribution in [3.05, 3.63) is 32.8 Å². The van der Waals surface area contributed by atoms with Gasteiger partial charge in [0.05, 0.1) is 15.3 Å². The minimum Gasteiger partial charge on any atom is -0.485 e. The average molecular weight is 281 g/mol. The van der Waals surface area contributed by atoms with Crippen LogP contribution < -0.4 is 4.74 Å². The number of nitrogens with zero attached hydrogens (tertiary/aromatic N) is 1. The maximum atomic E-state index is 10.6. The molecule has 0 aliphatic heterocycles. The van der Waals surface area contributed by atoms with Gasteiger partial charge < -0.3 is 4.74 Å². The smallest absolute Gasteiger partial charge is 0.312 e. The first kappa shape index (κ1) is 11.3. The number of nitro benzene ring substituents is 1. The summed E-state index contributed by atoms with van der Waals surface area (Å²) in [5.41, 5.74) is -0.0653. The van der Waals surface area contributed by atoms with E-state index in [4.69, 9.17) is 16.3 Å². The summed E-state index contributed by atoms with van der Waals surface area (Å²) in [6, 6.07) is 4.64. The van der Waals surface area contributed by atoms with Crippen LogP contribution in [-0.4, -0.2) is 17.4 Å². The van der Waals surface area contributed by atoms with Gasteiger partial charge in [-0.3, -0.25) is 10.1 Å². The molecule has 0 radical (unpaired) electrons. The molecule has 1 aromatic carbocycles. The van der Waals surface area contributed by atoms with Gasteiger partial charge in [0.1, 0.15) is 6.61 Å². The third-order valence-electron chi connectivity index (χ3n) is 1.47. The normalized spacial score (nSPS) is 9.86. The van der Waals surface area contributed by atoms with Gasteiger partial charge in [0.25, 0.3) is 0 Å². The highest BCUT2D eigenvalue weighted by molar-refractivity contribution is 9.10. The summed E-state index contributed by atoms with van der Waals surface area (Å²) in [7, 11) is 0. The molecule has 0 unspecified atom stereocenters. The number of nitro groups is 1. The van der Waals surface area contributed by atoms with E-state index in [0.717, 1.165) is 0 Å². The molecule has 0 fully saturated rings. The van der Waals surface area contributed by atoms with Crippen molar-refractivity contribution in [1.29, 1.82) is 0 Å². The van der Waals surface area contributed by atoms with Gasteiger partial charge in [0.2, 0.25) is 5.75 Å². The number of alkyl halides is 1. The van der Waals surface area contributed by atoms with Crippen molar-refractivity contribution < 1.29 is 9.66 Å². The second-order valence-corrected chi connectivity index (χ2v) is 3.61. The fourth-order valence-corrected chi connectivity index (χ4v) is 1.47. The van der Waals surface area contributed by atoms with Crippen LogP contribution in [0.4, 0.5) is 5.69 Å². The predicted octanol–water partition coefficient (Wildman–Crippen LogP) is 2.97. The molecular weight excluding hydrogens is 273 g/mol. The number of para-hydroxylation sites is 1. The van der Waals surface area contributed by atoms with Crippen molar-refractivity contribution >= 4 is 33.2 Å². The minimum absolute atomic E-state index is 0.0653. The topological polar surface area (TPSA) is 52.4 Å². The van der Waals surface area contributed by atoms with E-state index in [-0.39, 0.29) is 18.0 Å². The molecule has 1 aromatic rings. The maximum Gasteiger partial charge on any atom is 0.312 e. The summed E-state index contributed by atoms with van der Waals surface area (Å²) < 4.78 is 5.71. The molecule has 76 valence electrons. The second-order valence-electron chi connectivity index (χ2n) is 2.38. The van der Waals surface area contributed by atoms with Gasteiger partial charge in [-0.1, -0.05) is 6.07 Å². The molecule has 14 heavy (non-hydrogen) atoms. The molecule has 0 N–H and O–H groups in total. The van der Waals surface area contributed by atoms with E-state index in [1.165, 1.54) is 6.07 Å². The van der Waals surface area contributed by atoms with Crippen molar-refractivity contribution in [2.45, 2.75) is 0 Å². The monoisotopic (exact) mass is 279 g/mol. The van der Waals surface area contributed by atoms with Crippen LogP contribution in [0, 0.1) is 10.1 Å². The molecule has 0 bridgehead atoms. The molecular formula is C8H7BrClNO3. The van der Waals surface area contributed by atoms with Crippen LogP contribution >= 0.6 is 27.5 Å². The van der Waals surface area contributed by atoms with Gasteiger partial charge in [-0.15, -0.1) is 11.6 Å². The fraction of sp³-hybridized carbons (Fsp3) is 0.250. The van der Waals surface area contributed by atoms with Gasteiger partial charge >= 0.3 is 5.69 Å². The van der Waals surface area contributed by atoms with Gasteiger partial charge in [0, 0.05) is 6.07 Å². The molecule has 6 heteroatoms. The lowest BCUT2D eigenvalue weighted by molar-refractivity contribution is -0.385. The number of hydrogen-bond donors (Lipinski definition) is 0. The number of ether oxygens (including phenoxy) is 1. The molecule has 0 spiro atoms. The number of rotatable bonds is 4. The van der Waals surface area contributed by atoms with Gasteiger partial charge in [-0.05, 0) is 22.0 Å². The Balaban J connectivity index is 3.02. The van der Waals surface area contributed by atoms with Crippen molar-refractivity contribution in [3.63, 3.8) is 0 Å². The van der Waals surface area contributed by atoms with Crippen molar-refractivity contribution in [2.24, 2.45) is 0 Å². The Hall–Kier alpha value is -0.810. The van der Waals surface area contributed by atoms with Crippen molar-refractivity contribution in [1.82, 2.24) is 0 Å². The molecule has 0 aromatic heterocycles. The van der Waals surface area contributed by atoms with E-state index in [2.05, 4.69) is 15.9 Å².